The number of hydrogen-bond acceptors (Lipinski definition) is 5. The van der Waals surface area contributed by atoms with Gasteiger partial charge >= 0.3 is 0 Å². The van der Waals surface area contributed by atoms with Gasteiger partial charge in [0, 0.05) is 32.2 Å². The van der Waals surface area contributed by atoms with Crippen molar-refractivity contribution in [2.24, 2.45) is 4.99 Å². The van der Waals surface area contributed by atoms with Crippen LogP contribution >= 0.6 is 11.6 Å². The minimum atomic E-state index is -0.415. The van der Waals surface area contributed by atoms with E-state index in [-0.39, 0.29) is 10.9 Å². The summed E-state index contributed by atoms with van der Waals surface area (Å²) < 4.78 is 15.0. The van der Waals surface area contributed by atoms with Crippen molar-refractivity contribution >= 4 is 34.7 Å². The molecule has 1 N–H and O–H groups in total. The van der Waals surface area contributed by atoms with Crippen LogP contribution < -0.4 is 10.2 Å². The maximum Gasteiger partial charge on any atom is 0.248 e. The van der Waals surface area contributed by atoms with E-state index in [2.05, 4.69) is 21.8 Å². The number of carbonyl (C=O) groups is 1. The minimum absolute atomic E-state index is 0.160. The summed E-state index contributed by atoms with van der Waals surface area (Å²) in [6.45, 7) is 7.52. The third kappa shape index (κ3) is 2.19. The van der Waals surface area contributed by atoms with E-state index in [9.17, 15) is 4.79 Å². The first-order chi connectivity index (χ1) is 11.8. The molecule has 0 bridgehead atoms. The van der Waals surface area contributed by atoms with Crippen molar-refractivity contribution in [3.63, 3.8) is 0 Å². The highest BCUT2D eigenvalue weighted by Gasteiger charge is 2.42. The van der Waals surface area contributed by atoms with Gasteiger partial charge in [0.25, 0.3) is 0 Å². The van der Waals surface area contributed by atoms with Gasteiger partial charge in [-0.2, -0.15) is 0 Å². The molecule has 1 atom stereocenters. The van der Waals surface area contributed by atoms with Crippen molar-refractivity contribution < 1.29 is 9.18 Å². The Kier molecular flexibility index (Phi) is 3.56. The maximum atomic E-state index is 15.0. The number of rotatable bonds is 0. The smallest absolute Gasteiger partial charge is 0.248 e. The zero-order chi connectivity index (χ0) is 18.0. The fourth-order valence-corrected chi connectivity index (χ4v) is 3.87. The van der Waals surface area contributed by atoms with Crippen molar-refractivity contribution in [1.29, 1.82) is 0 Å². The SMILES string of the molecule is C=C1N=C2c3c(c(Cl)c(C)c(F)c3N1C)NC(=O)C1CN(C)CCN21. The van der Waals surface area contributed by atoms with Crippen LogP contribution in [0.2, 0.25) is 5.02 Å². The molecule has 1 aromatic rings. The van der Waals surface area contributed by atoms with Gasteiger partial charge in [-0.15, -0.1) is 0 Å². The highest BCUT2D eigenvalue weighted by atomic mass is 35.5. The second kappa shape index (κ2) is 5.44. The lowest BCUT2D eigenvalue weighted by atomic mass is 10.0. The number of aliphatic imine (C=N–C) groups is 1. The lowest BCUT2D eigenvalue weighted by Crippen LogP contribution is -2.58. The Labute approximate surface area is 150 Å². The van der Waals surface area contributed by atoms with Gasteiger partial charge in [-0.3, -0.25) is 4.79 Å². The zero-order valence-electron chi connectivity index (χ0n) is 14.4. The molecule has 1 aromatic carbocycles. The zero-order valence-corrected chi connectivity index (χ0v) is 15.1. The van der Waals surface area contributed by atoms with Crippen molar-refractivity contribution in [3.8, 4) is 0 Å². The fraction of sp³-hybridized carbons (Fsp3) is 0.412. The molecule has 0 aliphatic carbocycles. The van der Waals surface area contributed by atoms with Gasteiger partial charge in [-0.25, -0.2) is 9.38 Å². The first-order valence-electron chi connectivity index (χ1n) is 8.10. The highest BCUT2D eigenvalue weighted by Crippen LogP contribution is 2.45. The standard InChI is InChI=1S/C17H19ClFN5O/c1-8-12(18)14-11-15(13(8)19)23(4)9(2)20-16(11)24-6-5-22(3)7-10(24)17(25)21-14/h10H,2,5-7H2,1,3-4H3,(H,21,25). The van der Waals surface area contributed by atoms with E-state index in [1.807, 2.05) is 11.9 Å². The maximum absolute atomic E-state index is 15.0. The molecule has 132 valence electrons. The van der Waals surface area contributed by atoms with Crippen LogP contribution in [0.25, 0.3) is 0 Å². The van der Waals surface area contributed by atoms with Crippen molar-refractivity contribution in [3.05, 3.63) is 34.4 Å². The van der Waals surface area contributed by atoms with Gasteiger partial charge in [0.15, 0.2) is 5.82 Å². The molecule has 3 aliphatic rings. The number of nitrogens with zero attached hydrogens (tertiary/aromatic N) is 4. The first kappa shape index (κ1) is 16.4. The van der Waals surface area contributed by atoms with Crippen LogP contribution in [0.5, 0.6) is 0 Å². The third-order valence-corrected chi connectivity index (χ3v) is 5.63. The molecule has 1 amide bonds. The second-order valence-corrected chi connectivity index (χ2v) is 7.10. The van der Waals surface area contributed by atoms with E-state index in [1.54, 1.807) is 18.9 Å². The Morgan fingerprint density at radius 1 is 1.36 bits per heavy atom. The fourth-order valence-electron chi connectivity index (χ4n) is 3.64. The summed E-state index contributed by atoms with van der Waals surface area (Å²) in [7, 11) is 3.68. The van der Waals surface area contributed by atoms with Crippen molar-refractivity contribution in [2.75, 3.05) is 43.9 Å². The van der Waals surface area contributed by atoms with Gasteiger partial charge in [0.1, 0.15) is 17.7 Å². The number of halogens is 2. The summed E-state index contributed by atoms with van der Waals surface area (Å²) in [4.78, 5) is 23.1. The van der Waals surface area contributed by atoms with Gasteiger partial charge < -0.3 is 20.0 Å². The minimum Gasteiger partial charge on any atom is -0.341 e. The van der Waals surface area contributed by atoms with Gasteiger partial charge in [-0.05, 0) is 14.0 Å². The molecule has 6 nitrogen and oxygen atoms in total. The largest absolute Gasteiger partial charge is 0.341 e. The molecular formula is C17H19ClFN5O. The lowest BCUT2D eigenvalue weighted by molar-refractivity contribution is -0.121. The Bertz CT molecular complexity index is 852. The number of carbonyl (C=O) groups excluding carboxylic acids is 1. The number of amides is 1. The van der Waals surface area contributed by atoms with E-state index >= 15 is 4.39 Å². The molecule has 1 fully saturated rings. The van der Waals surface area contributed by atoms with Crippen LogP contribution in [0.4, 0.5) is 15.8 Å². The second-order valence-electron chi connectivity index (χ2n) is 6.72. The third-order valence-electron chi connectivity index (χ3n) is 5.16. The normalized spacial score (nSPS) is 22.9. The molecule has 1 saturated heterocycles. The summed E-state index contributed by atoms with van der Waals surface area (Å²) in [5, 5.41) is 3.12. The number of anilines is 2. The highest BCUT2D eigenvalue weighted by molar-refractivity contribution is 6.36. The van der Waals surface area contributed by atoms with Crippen LogP contribution in [0, 0.1) is 12.7 Å². The molecule has 1 unspecified atom stereocenters. The number of benzene rings is 1. The molecule has 3 heterocycles. The molecular weight excluding hydrogens is 345 g/mol. The molecule has 0 saturated carbocycles. The molecule has 8 heteroatoms. The Balaban J connectivity index is 2.03. The van der Waals surface area contributed by atoms with Crippen molar-refractivity contribution in [2.45, 2.75) is 13.0 Å². The average Bonchev–Trinajstić information content (AvgIpc) is 2.69. The number of hydrogen-bond donors (Lipinski definition) is 1. The number of fused-ring (bicyclic) bond motifs is 2. The summed E-state index contributed by atoms with van der Waals surface area (Å²) in [5.74, 6) is 0.417. The summed E-state index contributed by atoms with van der Waals surface area (Å²) in [6, 6.07) is -0.409. The predicted octanol–water partition coefficient (Wildman–Crippen LogP) is 2.02. The Morgan fingerprint density at radius 3 is 2.80 bits per heavy atom. The van der Waals surface area contributed by atoms with Crippen LogP contribution in [0.15, 0.2) is 17.4 Å². The average molecular weight is 364 g/mol. The summed E-state index contributed by atoms with van der Waals surface area (Å²) in [5.41, 5.74) is 1.61. The van der Waals surface area contributed by atoms with Gasteiger partial charge in [-0.1, -0.05) is 18.2 Å². The predicted molar refractivity (Wildman–Crippen MR) is 96.8 cm³/mol. The van der Waals surface area contributed by atoms with E-state index in [1.165, 1.54) is 0 Å². The summed E-state index contributed by atoms with van der Waals surface area (Å²) >= 11 is 6.40. The molecule has 0 radical (unpaired) electrons. The van der Waals surface area contributed by atoms with Crippen LogP contribution in [0.1, 0.15) is 11.1 Å². The molecule has 0 spiro atoms. The van der Waals surface area contributed by atoms with E-state index in [0.29, 0.717) is 47.2 Å². The van der Waals surface area contributed by atoms with Gasteiger partial charge in [0.05, 0.1) is 22.0 Å². The number of likely N-dealkylation sites (N-methyl/N-ethyl adjacent to an activating group) is 1. The molecule has 25 heavy (non-hydrogen) atoms. The van der Waals surface area contributed by atoms with Crippen LogP contribution in [-0.2, 0) is 4.79 Å². The Hall–Kier alpha value is -2.12. The molecule has 4 rings (SSSR count). The first-order valence-corrected chi connectivity index (χ1v) is 8.48. The van der Waals surface area contributed by atoms with Gasteiger partial charge in [0.2, 0.25) is 5.91 Å². The topological polar surface area (TPSA) is 51.2 Å². The molecule has 3 aliphatic heterocycles. The quantitative estimate of drug-likeness (QED) is 0.766. The van der Waals surface area contributed by atoms with Crippen LogP contribution in [0.3, 0.4) is 0 Å². The van der Waals surface area contributed by atoms with E-state index in [0.717, 1.165) is 6.54 Å². The van der Waals surface area contributed by atoms with Crippen LogP contribution in [-0.4, -0.2) is 61.3 Å². The lowest BCUT2D eigenvalue weighted by Gasteiger charge is -2.41. The van der Waals surface area contributed by atoms with E-state index < -0.39 is 11.9 Å². The Morgan fingerprint density at radius 2 is 2.08 bits per heavy atom. The summed E-state index contributed by atoms with van der Waals surface area (Å²) in [6.07, 6.45) is 0. The number of nitrogens with one attached hydrogen (secondary N) is 1. The molecule has 0 aromatic heterocycles. The number of piperazine rings is 1. The van der Waals surface area contributed by atoms with Crippen molar-refractivity contribution in [1.82, 2.24) is 9.80 Å². The monoisotopic (exact) mass is 363 g/mol. The number of amidine groups is 1. The van der Waals surface area contributed by atoms with E-state index in [4.69, 9.17) is 11.6 Å².